The van der Waals surface area contributed by atoms with E-state index in [1.165, 1.54) is 11.3 Å². The maximum Gasteiger partial charge on any atom is 0.124 e. The quantitative estimate of drug-likeness (QED) is 0.810. The van der Waals surface area contributed by atoms with Crippen LogP contribution in [0.4, 0.5) is 5.69 Å². The summed E-state index contributed by atoms with van der Waals surface area (Å²) >= 11 is 0. The average molecular weight is 370 g/mol. The van der Waals surface area contributed by atoms with Crippen molar-refractivity contribution >= 4 is 5.69 Å². The molecule has 3 rings (SSSR count). The summed E-state index contributed by atoms with van der Waals surface area (Å²) in [6.07, 6.45) is 0. The first-order valence-corrected chi connectivity index (χ1v) is 9.63. The molecule has 1 unspecified atom stereocenters. The summed E-state index contributed by atoms with van der Waals surface area (Å²) in [5.41, 5.74) is 3.32. The van der Waals surface area contributed by atoms with E-state index in [-0.39, 0.29) is 6.61 Å². The van der Waals surface area contributed by atoms with E-state index in [0.29, 0.717) is 12.6 Å². The molecule has 0 bridgehead atoms. The number of rotatable bonds is 7. The van der Waals surface area contributed by atoms with E-state index in [9.17, 15) is 5.11 Å². The van der Waals surface area contributed by atoms with Crippen molar-refractivity contribution in [1.82, 2.24) is 4.90 Å². The van der Waals surface area contributed by atoms with Crippen LogP contribution in [0.3, 0.4) is 0 Å². The van der Waals surface area contributed by atoms with E-state index in [1.54, 1.807) is 7.11 Å². The van der Waals surface area contributed by atoms with Gasteiger partial charge in [0.05, 0.1) is 20.3 Å². The van der Waals surface area contributed by atoms with Gasteiger partial charge in [-0.15, -0.1) is 0 Å². The van der Waals surface area contributed by atoms with Crippen LogP contribution < -0.4 is 14.4 Å². The minimum absolute atomic E-state index is 0.00394. The number of piperazine rings is 1. The molecular formula is C22H30N2O3. The SMILES string of the molecule is CCOc1ccc(CN2CCN(c3ccc(OC)cc3)CC2C)cc1CO. The van der Waals surface area contributed by atoms with E-state index in [0.717, 1.165) is 43.2 Å². The second-order valence-electron chi connectivity index (χ2n) is 7.00. The third kappa shape index (κ3) is 4.73. The Kier molecular flexibility index (Phi) is 6.58. The van der Waals surface area contributed by atoms with Crippen LogP contribution in [0.2, 0.25) is 0 Å². The maximum absolute atomic E-state index is 9.62. The highest BCUT2D eigenvalue weighted by Gasteiger charge is 2.24. The van der Waals surface area contributed by atoms with Crippen molar-refractivity contribution in [3.63, 3.8) is 0 Å². The van der Waals surface area contributed by atoms with Crippen molar-refractivity contribution in [2.75, 3.05) is 38.3 Å². The summed E-state index contributed by atoms with van der Waals surface area (Å²) in [5.74, 6) is 1.67. The van der Waals surface area contributed by atoms with Crippen molar-refractivity contribution in [3.05, 3.63) is 53.6 Å². The van der Waals surface area contributed by atoms with E-state index >= 15 is 0 Å². The predicted octanol–water partition coefficient (Wildman–Crippen LogP) is 3.30. The van der Waals surface area contributed by atoms with E-state index in [1.807, 2.05) is 25.1 Å². The van der Waals surface area contributed by atoms with Crippen LogP contribution in [0.15, 0.2) is 42.5 Å². The summed E-state index contributed by atoms with van der Waals surface area (Å²) in [6, 6.07) is 14.9. The average Bonchev–Trinajstić information content (AvgIpc) is 2.71. The maximum atomic E-state index is 9.62. The standard InChI is InChI=1S/C22H30N2O3/c1-4-27-22-10-5-18(13-19(22)16-25)15-23-11-12-24(14-17(23)2)20-6-8-21(26-3)9-7-20/h5-10,13,17,25H,4,11-12,14-16H2,1-3H3. The van der Waals surface area contributed by atoms with Crippen molar-refractivity contribution in [2.45, 2.75) is 33.0 Å². The highest BCUT2D eigenvalue weighted by molar-refractivity contribution is 5.49. The lowest BCUT2D eigenvalue weighted by Crippen LogP contribution is -2.51. The summed E-state index contributed by atoms with van der Waals surface area (Å²) in [7, 11) is 1.69. The Morgan fingerprint density at radius 1 is 1.11 bits per heavy atom. The second kappa shape index (κ2) is 9.11. The van der Waals surface area contributed by atoms with Crippen LogP contribution in [0, 0.1) is 0 Å². The zero-order chi connectivity index (χ0) is 19.2. The van der Waals surface area contributed by atoms with Crippen molar-refractivity contribution in [1.29, 1.82) is 0 Å². The number of hydrogen-bond acceptors (Lipinski definition) is 5. The molecular weight excluding hydrogens is 340 g/mol. The molecule has 0 radical (unpaired) electrons. The number of aliphatic hydroxyl groups excluding tert-OH is 1. The van der Waals surface area contributed by atoms with Gasteiger partial charge in [-0.1, -0.05) is 6.07 Å². The smallest absolute Gasteiger partial charge is 0.124 e. The van der Waals surface area contributed by atoms with Gasteiger partial charge in [0, 0.05) is 43.5 Å². The molecule has 1 aliphatic rings. The molecule has 0 spiro atoms. The molecule has 1 N–H and O–H groups in total. The summed E-state index contributed by atoms with van der Waals surface area (Å²) in [6.45, 7) is 8.74. The first-order chi connectivity index (χ1) is 13.1. The van der Waals surface area contributed by atoms with Crippen molar-refractivity contribution in [3.8, 4) is 11.5 Å². The lowest BCUT2D eigenvalue weighted by Gasteiger charge is -2.41. The van der Waals surface area contributed by atoms with Crippen LogP contribution in [0.25, 0.3) is 0 Å². The Morgan fingerprint density at radius 3 is 2.52 bits per heavy atom. The molecule has 2 aromatic carbocycles. The molecule has 1 atom stereocenters. The number of benzene rings is 2. The molecule has 5 nitrogen and oxygen atoms in total. The lowest BCUT2D eigenvalue weighted by molar-refractivity contribution is 0.180. The van der Waals surface area contributed by atoms with Gasteiger partial charge < -0.3 is 19.5 Å². The van der Waals surface area contributed by atoms with Gasteiger partial charge in [0.15, 0.2) is 0 Å². The summed E-state index contributed by atoms with van der Waals surface area (Å²) in [4.78, 5) is 4.93. The number of hydrogen-bond donors (Lipinski definition) is 1. The van der Waals surface area contributed by atoms with Gasteiger partial charge in [-0.05, 0) is 55.8 Å². The number of methoxy groups -OCH3 is 1. The highest BCUT2D eigenvalue weighted by Crippen LogP contribution is 2.25. The van der Waals surface area contributed by atoms with E-state index in [4.69, 9.17) is 9.47 Å². The Hall–Kier alpha value is -2.24. The van der Waals surface area contributed by atoms with Crippen LogP contribution in [0.5, 0.6) is 11.5 Å². The van der Waals surface area contributed by atoms with Gasteiger partial charge in [-0.3, -0.25) is 4.90 Å². The molecule has 0 saturated carbocycles. The number of nitrogens with zero attached hydrogens (tertiary/aromatic N) is 2. The molecule has 0 aliphatic carbocycles. The zero-order valence-electron chi connectivity index (χ0n) is 16.5. The molecule has 0 aromatic heterocycles. The predicted molar refractivity (Wildman–Crippen MR) is 109 cm³/mol. The van der Waals surface area contributed by atoms with Crippen molar-refractivity contribution in [2.24, 2.45) is 0 Å². The monoisotopic (exact) mass is 370 g/mol. The fraction of sp³-hybridized carbons (Fsp3) is 0.455. The molecule has 1 saturated heterocycles. The minimum Gasteiger partial charge on any atom is -0.497 e. The Labute approximate surface area is 162 Å². The molecule has 0 amide bonds. The minimum atomic E-state index is 0.00394. The first kappa shape index (κ1) is 19.5. The number of aliphatic hydroxyl groups is 1. The van der Waals surface area contributed by atoms with Gasteiger partial charge in [-0.2, -0.15) is 0 Å². The van der Waals surface area contributed by atoms with Gasteiger partial charge in [0.25, 0.3) is 0 Å². The lowest BCUT2D eigenvalue weighted by atomic mass is 10.1. The normalized spacial score (nSPS) is 17.8. The second-order valence-corrected chi connectivity index (χ2v) is 7.00. The topological polar surface area (TPSA) is 45.2 Å². The fourth-order valence-electron chi connectivity index (χ4n) is 3.64. The molecule has 146 valence electrons. The third-order valence-corrected chi connectivity index (χ3v) is 5.18. The van der Waals surface area contributed by atoms with Crippen molar-refractivity contribution < 1.29 is 14.6 Å². The number of anilines is 1. The molecule has 5 heteroatoms. The van der Waals surface area contributed by atoms with E-state index < -0.39 is 0 Å². The molecule has 2 aromatic rings. The fourth-order valence-corrected chi connectivity index (χ4v) is 3.64. The van der Waals surface area contributed by atoms with Gasteiger partial charge in [-0.25, -0.2) is 0 Å². The van der Waals surface area contributed by atoms with Crippen LogP contribution in [-0.2, 0) is 13.2 Å². The van der Waals surface area contributed by atoms with Gasteiger partial charge in [0.1, 0.15) is 11.5 Å². The molecule has 1 aliphatic heterocycles. The van der Waals surface area contributed by atoms with E-state index in [2.05, 4.69) is 41.0 Å². The summed E-state index contributed by atoms with van der Waals surface area (Å²) < 4.78 is 10.8. The van der Waals surface area contributed by atoms with Crippen LogP contribution >= 0.6 is 0 Å². The molecule has 1 heterocycles. The number of ether oxygens (including phenoxy) is 2. The summed E-state index contributed by atoms with van der Waals surface area (Å²) in [5, 5.41) is 9.62. The van der Waals surface area contributed by atoms with Crippen LogP contribution in [0.1, 0.15) is 25.0 Å². The molecule has 27 heavy (non-hydrogen) atoms. The third-order valence-electron chi connectivity index (χ3n) is 5.18. The Balaban J connectivity index is 1.63. The van der Waals surface area contributed by atoms with Gasteiger partial charge >= 0.3 is 0 Å². The largest absolute Gasteiger partial charge is 0.497 e. The highest BCUT2D eigenvalue weighted by atomic mass is 16.5. The molecule has 1 fully saturated rings. The Morgan fingerprint density at radius 2 is 1.89 bits per heavy atom. The van der Waals surface area contributed by atoms with Crippen LogP contribution in [-0.4, -0.2) is 49.4 Å². The zero-order valence-corrected chi connectivity index (χ0v) is 16.5. The first-order valence-electron chi connectivity index (χ1n) is 9.63. The Bertz CT molecular complexity index is 733. The van der Waals surface area contributed by atoms with Gasteiger partial charge in [0.2, 0.25) is 0 Å².